The van der Waals surface area contributed by atoms with Gasteiger partial charge in [-0.1, -0.05) is 12.1 Å². The molecular formula is C20H25BrN4O2. The van der Waals surface area contributed by atoms with Crippen LogP contribution in [0.3, 0.4) is 0 Å². The Morgan fingerprint density at radius 2 is 1.78 bits per heavy atom. The van der Waals surface area contributed by atoms with Crippen LogP contribution >= 0.6 is 15.9 Å². The van der Waals surface area contributed by atoms with E-state index in [4.69, 9.17) is 0 Å². The first-order chi connectivity index (χ1) is 13.0. The van der Waals surface area contributed by atoms with Crippen molar-refractivity contribution in [3.8, 4) is 0 Å². The van der Waals surface area contributed by atoms with Gasteiger partial charge >= 0.3 is 0 Å². The number of carbonyl (C=O) groups is 2. The van der Waals surface area contributed by atoms with Gasteiger partial charge in [-0.05, 0) is 53.7 Å². The molecule has 2 aromatic rings. The minimum atomic E-state index is -0.111. The van der Waals surface area contributed by atoms with E-state index in [9.17, 15) is 9.59 Å². The molecule has 6 nitrogen and oxygen atoms in total. The van der Waals surface area contributed by atoms with Gasteiger partial charge in [-0.15, -0.1) is 0 Å². The predicted molar refractivity (Wildman–Crippen MR) is 109 cm³/mol. The molecule has 1 aromatic carbocycles. The fraction of sp³-hybridized carbons (Fsp3) is 0.400. The first-order valence-corrected chi connectivity index (χ1v) is 9.98. The summed E-state index contributed by atoms with van der Waals surface area (Å²) < 4.78 is 2.79. The van der Waals surface area contributed by atoms with Crippen molar-refractivity contribution in [3.63, 3.8) is 0 Å². The van der Waals surface area contributed by atoms with Crippen LogP contribution in [0.4, 0.5) is 0 Å². The number of nitrogens with zero attached hydrogens (tertiary/aromatic N) is 3. The molecule has 1 aliphatic rings. The summed E-state index contributed by atoms with van der Waals surface area (Å²) in [6, 6.07) is 9.30. The number of aryl methyl sites for hydroxylation is 1. The molecule has 2 amide bonds. The number of aromatic nitrogens is 1. The zero-order valence-electron chi connectivity index (χ0n) is 15.7. The fourth-order valence-corrected chi connectivity index (χ4v) is 3.62. The van der Waals surface area contributed by atoms with Crippen molar-refractivity contribution in [2.75, 3.05) is 33.2 Å². The van der Waals surface area contributed by atoms with Crippen molar-refractivity contribution in [1.82, 2.24) is 19.7 Å². The third kappa shape index (κ3) is 4.78. The molecular weight excluding hydrogens is 408 g/mol. The summed E-state index contributed by atoms with van der Waals surface area (Å²) in [6.45, 7) is 6.50. The minimum absolute atomic E-state index is 0.0734. The zero-order valence-corrected chi connectivity index (χ0v) is 17.3. The second kappa shape index (κ2) is 8.71. The van der Waals surface area contributed by atoms with E-state index >= 15 is 0 Å². The molecule has 0 bridgehead atoms. The van der Waals surface area contributed by atoms with Crippen LogP contribution in [0.5, 0.6) is 0 Å². The predicted octanol–water partition coefficient (Wildman–Crippen LogP) is 2.59. The van der Waals surface area contributed by atoms with Gasteiger partial charge in [-0.2, -0.15) is 0 Å². The van der Waals surface area contributed by atoms with Crippen LogP contribution in [-0.4, -0.2) is 59.4 Å². The molecule has 1 N–H and O–H groups in total. The number of hydrogen-bond donors (Lipinski definition) is 1. The SMILES string of the molecule is CCn1cc(Br)cc1C(=O)NCc1ccc(C(=O)N2CCN(C)CC2)cc1. The van der Waals surface area contributed by atoms with Crippen molar-refractivity contribution in [2.45, 2.75) is 20.0 Å². The molecule has 0 radical (unpaired) electrons. The second-order valence-electron chi connectivity index (χ2n) is 6.80. The van der Waals surface area contributed by atoms with Crippen LogP contribution in [0.25, 0.3) is 0 Å². The largest absolute Gasteiger partial charge is 0.347 e. The smallest absolute Gasteiger partial charge is 0.268 e. The summed E-state index contributed by atoms with van der Waals surface area (Å²) in [4.78, 5) is 29.1. The van der Waals surface area contributed by atoms with Crippen LogP contribution in [0.2, 0.25) is 0 Å². The maximum Gasteiger partial charge on any atom is 0.268 e. The molecule has 0 spiro atoms. The van der Waals surface area contributed by atoms with E-state index in [0.717, 1.165) is 42.8 Å². The molecule has 1 fully saturated rings. The molecule has 1 saturated heterocycles. The van der Waals surface area contributed by atoms with Crippen LogP contribution in [0, 0.1) is 0 Å². The van der Waals surface area contributed by atoms with Gasteiger partial charge in [0.25, 0.3) is 11.8 Å². The van der Waals surface area contributed by atoms with Gasteiger partial charge in [-0.3, -0.25) is 9.59 Å². The summed E-state index contributed by atoms with van der Waals surface area (Å²) in [6.07, 6.45) is 1.90. The zero-order chi connectivity index (χ0) is 19.4. The van der Waals surface area contributed by atoms with Gasteiger partial charge in [-0.25, -0.2) is 0 Å². The molecule has 0 aliphatic carbocycles. The summed E-state index contributed by atoms with van der Waals surface area (Å²) in [7, 11) is 2.07. The Morgan fingerprint density at radius 1 is 1.11 bits per heavy atom. The molecule has 7 heteroatoms. The highest BCUT2D eigenvalue weighted by molar-refractivity contribution is 9.10. The third-order valence-electron chi connectivity index (χ3n) is 4.88. The standard InChI is InChI=1S/C20H25BrN4O2/c1-3-24-14-17(21)12-18(24)19(26)22-13-15-4-6-16(7-5-15)20(27)25-10-8-23(2)9-11-25/h4-7,12,14H,3,8-11,13H2,1-2H3,(H,22,26). The second-order valence-corrected chi connectivity index (χ2v) is 7.72. The first kappa shape index (κ1) is 19.6. The Balaban J connectivity index is 1.57. The Hall–Kier alpha value is -2.12. The van der Waals surface area contributed by atoms with Crippen molar-refractivity contribution in [1.29, 1.82) is 0 Å². The van der Waals surface area contributed by atoms with Crippen LogP contribution in [0.15, 0.2) is 41.0 Å². The lowest BCUT2D eigenvalue weighted by atomic mass is 10.1. The number of amides is 2. The minimum Gasteiger partial charge on any atom is -0.347 e. The summed E-state index contributed by atoms with van der Waals surface area (Å²) in [5.74, 6) is -0.0375. The molecule has 0 unspecified atom stereocenters. The van der Waals surface area contributed by atoms with Gasteiger partial charge in [0.1, 0.15) is 5.69 Å². The lowest BCUT2D eigenvalue weighted by Gasteiger charge is -2.32. The molecule has 144 valence electrons. The number of benzene rings is 1. The molecule has 1 aromatic heterocycles. The Morgan fingerprint density at radius 3 is 2.41 bits per heavy atom. The number of halogens is 1. The molecule has 1 aliphatic heterocycles. The number of rotatable bonds is 5. The summed E-state index contributed by atoms with van der Waals surface area (Å²) in [5.41, 5.74) is 2.29. The van der Waals surface area contributed by atoms with Crippen LogP contribution in [-0.2, 0) is 13.1 Å². The van der Waals surface area contributed by atoms with Crippen molar-refractivity contribution < 1.29 is 9.59 Å². The van der Waals surface area contributed by atoms with E-state index in [-0.39, 0.29) is 11.8 Å². The molecule has 2 heterocycles. The third-order valence-corrected chi connectivity index (χ3v) is 5.31. The first-order valence-electron chi connectivity index (χ1n) is 9.18. The van der Waals surface area contributed by atoms with E-state index in [1.807, 2.05) is 52.9 Å². The summed E-state index contributed by atoms with van der Waals surface area (Å²) in [5, 5.41) is 2.94. The van der Waals surface area contributed by atoms with E-state index in [1.54, 1.807) is 0 Å². The van der Waals surface area contributed by atoms with Gasteiger partial charge in [0.2, 0.25) is 0 Å². The van der Waals surface area contributed by atoms with Gasteiger partial charge in [0.15, 0.2) is 0 Å². The lowest BCUT2D eigenvalue weighted by Crippen LogP contribution is -2.47. The highest BCUT2D eigenvalue weighted by Gasteiger charge is 2.20. The van der Waals surface area contributed by atoms with Crippen molar-refractivity contribution >= 4 is 27.7 Å². The number of nitrogens with one attached hydrogen (secondary N) is 1. The van der Waals surface area contributed by atoms with E-state index < -0.39 is 0 Å². The highest BCUT2D eigenvalue weighted by Crippen LogP contribution is 2.15. The normalized spacial score (nSPS) is 15.0. The maximum atomic E-state index is 12.6. The maximum absolute atomic E-state index is 12.6. The van der Waals surface area contributed by atoms with Gasteiger partial charge in [0.05, 0.1) is 0 Å². The quantitative estimate of drug-likeness (QED) is 0.789. The van der Waals surface area contributed by atoms with Crippen LogP contribution in [0.1, 0.15) is 33.3 Å². The Labute approximate surface area is 168 Å². The van der Waals surface area contributed by atoms with E-state index in [2.05, 4.69) is 33.2 Å². The monoisotopic (exact) mass is 432 g/mol. The number of likely N-dealkylation sites (N-methyl/N-ethyl adjacent to an activating group) is 1. The molecule has 3 rings (SSSR count). The fourth-order valence-electron chi connectivity index (χ4n) is 3.16. The van der Waals surface area contributed by atoms with E-state index in [1.165, 1.54) is 0 Å². The number of hydrogen-bond acceptors (Lipinski definition) is 3. The van der Waals surface area contributed by atoms with E-state index in [0.29, 0.717) is 17.8 Å². The Kier molecular flexibility index (Phi) is 6.34. The average Bonchev–Trinajstić information content (AvgIpc) is 3.07. The van der Waals surface area contributed by atoms with Gasteiger partial charge < -0.3 is 19.7 Å². The number of carbonyl (C=O) groups excluding carboxylic acids is 2. The lowest BCUT2D eigenvalue weighted by molar-refractivity contribution is 0.0664. The van der Waals surface area contributed by atoms with Crippen molar-refractivity contribution in [2.24, 2.45) is 0 Å². The molecule has 27 heavy (non-hydrogen) atoms. The highest BCUT2D eigenvalue weighted by atomic mass is 79.9. The van der Waals surface area contributed by atoms with Crippen molar-refractivity contribution in [3.05, 3.63) is 57.8 Å². The molecule has 0 atom stereocenters. The topological polar surface area (TPSA) is 57.6 Å². The van der Waals surface area contributed by atoms with Gasteiger partial charge in [0, 0.05) is 55.5 Å². The van der Waals surface area contributed by atoms with Crippen LogP contribution < -0.4 is 5.32 Å². The number of piperazine rings is 1. The average molecular weight is 433 g/mol. The summed E-state index contributed by atoms with van der Waals surface area (Å²) >= 11 is 3.41. The Bertz CT molecular complexity index is 808. The molecule has 0 saturated carbocycles.